The first-order chi connectivity index (χ1) is 9.85. The van der Waals surface area contributed by atoms with Gasteiger partial charge in [-0.1, -0.05) is 31.5 Å². The summed E-state index contributed by atoms with van der Waals surface area (Å²) >= 11 is 6.05. The standard InChI is InChI=1S/C15H21ClN2O3/c1-9(2)14(15(20)21-4)17-8-13(19)18-12-6-5-10(3)7-11(12)16/h5-7,9,14,17H,8H2,1-4H3,(H,18,19). The maximum absolute atomic E-state index is 11.9. The molecule has 0 aliphatic carbocycles. The highest BCUT2D eigenvalue weighted by Crippen LogP contribution is 2.22. The molecule has 0 fully saturated rings. The van der Waals surface area contributed by atoms with Gasteiger partial charge in [0.25, 0.3) is 0 Å². The number of anilines is 1. The Hall–Kier alpha value is -1.59. The van der Waals surface area contributed by atoms with Gasteiger partial charge in [0.2, 0.25) is 5.91 Å². The monoisotopic (exact) mass is 312 g/mol. The normalized spacial score (nSPS) is 12.1. The Balaban J connectivity index is 2.59. The maximum Gasteiger partial charge on any atom is 0.323 e. The molecule has 6 heteroatoms. The summed E-state index contributed by atoms with van der Waals surface area (Å²) < 4.78 is 4.70. The summed E-state index contributed by atoms with van der Waals surface area (Å²) in [5, 5.41) is 6.08. The second-order valence-electron chi connectivity index (χ2n) is 5.16. The molecule has 1 unspecified atom stereocenters. The molecule has 0 bridgehead atoms. The Morgan fingerprint density at radius 2 is 2.00 bits per heavy atom. The number of ether oxygens (including phenoxy) is 1. The van der Waals surface area contributed by atoms with Crippen molar-refractivity contribution in [1.82, 2.24) is 5.32 Å². The molecule has 116 valence electrons. The van der Waals surface area contributed by atoms with Crippen molar-refractivity contribution in [2.24, 2.45) is 5.92 Å². The number of carbonyl (C=O) groups excluding carboxylic acids is 2. The molecule has 0 aliphatic heterocycles. The molecule has 1 amide bonds. The fourth-order valence-corrected chi connectivity index (χ4v) is 2.12. The number of hydrogen-bond acceptors (Lipinski definition) is 4. The van der Waals surface area contributed by atoms with E-state index >= 15 is 0 Å². The number of rotatable bonds is 6. The van der Waals surface area contributed by atoms with E-state index in [4.69, 9.17) is 16.3 Å². The number of halogens is 1. The summed E-state index contributed by atoms with van der Waals surface area (Å²) in [5.41, 5.74) is 1.56. The van der Waals surface area contributed by atoms with Gasteiger partial charge < -0.3 is 10.1 Å². The summed E-state index contributed by atoms with van der Waals surface area (Å²) in [6, 6.07) is 4.86. The van der Waals surface area contributed by atoms with Crippen LogP contribution in [0.1, 0.15) is 19.4 Å². The zero-order chi connectivity index (χ0) is 16.0. The van der Waals surface area contributed by atoms with Gasteiger partial charge in [-0.25, -0.2) is 0 Å². The first kappa shape index (κ1) is 17.5. The third-order valence-electron chi connectivity index (χ3n) is 3.00. The van der Waals surface area contributed by atoms with Crippen molar-refractivity contribution in [2.75, 3.05) is 19.0 Å². The van der Waals surface area contributed by atoms with Crippen molar-refractivity contribution in [3.8, 4) is 0 Å². The largest absolute Gasteiger partial charge is 0.468 e. The number of amides is 1. The second kappa shape index (κ2) is 8.00. The van der Waals surface area contributed by atoms with Crippen molar-refractivity contribution >= 4 is 29.2 Å². The molecule has 0 aliphatic rings. The van der Waals surface area contributed by atoms with Gasteiger partial charge in [0.1, 0.15) is 6.04 Å². The molecule has 0 saturated heterocycles. The van der Waals surface area contributed by atoms with Gasteiger partial charge >= 0.3 is 5.97 Å². The van der Waals surface area contributed by atoms with Gasteiger partial charge in [-0.15, -0.1) is 0 Å². The van der Waals surface area contributed by atoms with Crippen molar-refractivity contribution in [3.05, 3.63) is 28.8 Å². The van der Waals surface area contributed by atoms with E-state index in [-0.39, 0.29) is 24.3 Å². The minimum atomic E-state index is -0.519. The van der Waals surface area contributed by atoms with Crippen LogP contribution < -0.4 is 10.6 Å². The van der Waals surface area contributed by atoms with E-state index in [9.17, 15) is 9.59 Å². The number of hydrogen-bond donors (Lipinski definition) is 2. The predicted molar refractivity (Wildman–Crippen MR) is 83.5 cm³/mol. The lowest BCUT2D eigenvalue weighted by molar-refractivity contribution is -0.144. The molecule has 0 saturated carbocycles. The van der Waals surface area contributed by atoms with Gasteiger partial charge in [-0.2, -0.15) is 0 Å². The molecular formula is C15H21ClN2O3. The van der Waals surface area contributed by atoms with E-state index in [1.54, 1.807) is 12.1 Å². The third-order valence-corrected chi connectivity index (χ3v) is 3.32. The van der Waals surface area contributed by atoms with Gasteiger partial charge in [0.15, 0.2) is 0 Å². The second-order valence-corrected chi connectivity index (χ2v) is 5.56. The van der Waals surface area contributed by atoms with Crippen LogP contribution >= 0.6 is 11.6 Å². The zero-order valence-electron chi connectivity index (χ0n) is 12.7. The summed E-state index contributed by atoms with van der Waals surface area (Å²) in [6.07, 6.45) is 0. The highest BCUT2D eigenvalue weighted by Gasteiger charge is 2.23. The number of benzene rings is 1. The summed E-state index contributed by atoms with van der Waals surface area (Å²) in [4.78, 5) is 23.5. The molecule has 0 aromatic heterocycles. The average Bonchev–Trinajstić information content (AvgIpc) is 2.41. The number of nitrogens with one attached hydrogen (secondary N) is 2. The fourth-order valence-electron chi connectivity index (χ4n) is 1.84. The molecule has 0 radical (unpaired) electrons. The van der Waals surface area contributed by atoms with Crippen LogP contribution in [0.4, 0.5) is 5.69 Å². The van der Waals surface area contributed by atoms with Crippen LogP contribution in [0, 0.1) is 12.8 Å². The Bertz CT molecular complexity index is 518. The number of aryl methyl sites for hydroxylation is 1. The molecule has 0 heterocycles. The van der Waals surface area contributed by atoms with Gasteiger partial charge in [0.05, 0.1) is 24.4 Å². The Labute approximate surface area is 130 Å². The van der Waals surface area contributed by atoms with Crippen molar-refractivity contribution < 1.29 is 14.3 Å². The number of esters is 1. The molecule has 2 N–H and O–H groups in total. The van der Waals surface area contributed by atoms with E-state index in [0.717, 1.165) is 5.56 Å². The van der Waals surface area contributed by atoms with Crippen LogP contribution in [0.2, 0.25) is 5.02 Å². The van der Waals surface area contributed by atoms with E-state index in [2.05, 4.69) is 10.6 Å². The molecule has 1 aromatic rings. The van der Waals surface area contributed by atoms with Crippen LogP contribution in [-0.2, 0) is 14.3 Å². The fraction of sp³-hybridized carbons (Fsp3) is 0.467. The minimum absolute atomic E-state index is 0.00213. The van der Waals surface area contributed by atoms with Crippen LogP contribution in [-0.4, -0.2) is 31.6 Å². The van der Waals surface area contributed by atoms with Crippen LogP contribution in [0.25, 0.3) is 0 Å². The first-order valence-corrected chi connectivity index (χ1v) is 7.10. The lowest BCUT2D eigenvalue weighted by Gasteiger charge is -2.19. The lowest BCUT2D eigenvalue weighted by Crippen LogP contribution is -2.45. The summed E-state index contributed by atoms with van der Waals surface area (Å²) in [6.45, 7) is 5.68. The molecule has 21 heavy (non-hydrogen) atoms. The van der Waals surface area contributed by atoms with Crippen molar-refractivity contribution in [2.45, 2.75) is 26.8 Å². The smallest absolute Gasteiger partial charge is 0.323 e. The molecular weight excluding hydrogens is 292 g/mol. The minimum Gasteiger partial charge on any atom is -0.468 e. The Morgan fingerprint density at radius 1 is 1.33 bits per heavy atom. The highest BCUT2D eigenvalue weighted by atomic mass is 35.5. The number of methoxy groups -OCH3 is 1. The summed E-state index contributed by atoms with van der Waals surface area (Å²) in [7, 11) is 1.32. The highest BCUT2D eigenvalue weighted by molar-refractivity contribution is 6.33. The molecule has 1 rings (SSSR count). The Morgan fingerprint density at radius 3 is 2.52 bits per heavy atom. The maximum atomic E-state index is 11.9. The number of carbonyl (C=O) groups is 2. The van der Waals surface area contributed by atoms with Crippen molar-refractivity contribution in [3.63, 3.8) is 0 Å². The van der Waals surface area contributed by atoms with Crippen LogP contribution in [0.5, 0.6) is 0 Å². The quantitative estimate of drug-likeness (QED) is 0.791. The van der Waals surface area contributed by atoms with E-state index in [1.165, 1.54) is 7.11 Å². The predicted octanol–water partition coefficient (Wildman–Crippen LogP) is 2.37. The Kier molecular flexibility index (Phi) is 6.65. The van der Waals surface area contributed by atoms with E-state index < -0.39 is 6.04 Å². The van der Waals surface area contributed by atoms with Gasteiger partial charge in [0, 0.05) is 0 Å². The summed E-state index contributed by atoms with van der Waals surface area (Å²) in [5.74, 6) is -0.630. The first-order valence-electron chi connectivity index (χ1n) is 6.72. The SMILES string of the molecule is COC(=O)C(NCC(=O)Nc1ccc(C)cc1Cl)C(C)C. The molecule has 5 nitrogen and oxygen atoms in total. The zero-order valence-corrected chi connectivity index (χ0v) is 13.5. The van der Waals surface area contributed by atoms with Gasteiger partial charge in [-0.05, 0) is 30.5 Å². The molecule has 1 atom stereocenters. The van der Waals surface area contributed by atoms with E-state index in [1.807, 2.05) is 26.8 Å². The van der Waals surface area contributed by atoms with Crippen LogP contribution in [0.15, 0.2) is 18.2 Å². The molecule has 1 aromatic carbocycles. The van der Waals surface area contributed by atoms with Crippen LogP contribution in [0.3, 0.4) is 0 Å². The van der Waals surface area contributed by atoms with Crippen molar-refractivity contribution in [1.29, 1.82) is 0 Å². The van der Waals surface area contributed by atoms with Gasteiger partial charge in [-0.3, -0.25) is 14.9 Å². The van der Waals surface area contributed by atoms with E-state index in [0.29, 0.717) is 10.7 Å². The average molecular weight is 313 g/mol. The molecule has 0 spiro atoms. The third kappa shape index (κ3) is 5.36. The topological polar surface area (TPSA) is 67.4 Å². The lowest BCUT2D eigenvalue weighted by atomic mass is 10.0.